The molecule has 0 aliphatic rings. The number of unbranched alkanes of at least 4 members (excludes halogenated alkanes) is 1. The average molecular weight is 411 g/mol. The molecule has 0 fully saturated rings. The summed E-state index contributed by atoms with van der Waals surface area (Å²) in [5, 5.41) is 2.49. The van der Waals surface area contributed by atoms with E-state index in [0.29, 0.717) is 23.5 Å². The summed E-state index contributed by atoms with van der Waals surface area (Å²) in [5.74, 6) is -0.652. The first-order valence-corrected chi connectivity index (χ1v) is 10.3. The minimum absolute atomic E-state index is 0.281. The smallest absolute Gasteiger partial charge is 0.325 e. The van der Waals surface area contributed by atoms with E-state index in [1.165, 1.54) is 0 Å². The summed E-state index contributed by atoms with van der Waals surface area (Å²) < 4.78 is 10.5. The van der Waals surface area contributed by atoms with Gasteiger partial charge in [-0.3, -0.25) is 14.4 Å². The summed E-state index contributed by atoms with van der Waals surface area (Å²) >= 11 is 0. The maximum Gasteiger partial charge on any atom is 0.325 e. The number of amides is 1. The average Bonchev–Trinajstić information content (AvgIpc) is 2.77. The van der Waals surface area contributed by atoms with Crippen LogP contribution in [-0.4, -0.2) is 37.4 Å². The molecule has 2 rings (SSSR count). The van der Waals surface area contributed by atoms with Crippen molar-refractivity contribution in [1.82, 2.24) is 5.32 Å². The molecule has 0 atom stereocenters. The lowest BCUT2D eigenvalue weighted by Gasteiger charge is -2.08. The Hall–Kier alpha value is -3.15. The number of carbonyl (C=O) groups excluding carboxylic acids is 3. The summed E-state index contributed by atoms with van der Waals surface area (Å²) in [4.78, 5) is 36.1. The zero-order valence-electron chi connectivity index (χ0n) is 17.6. The molecule has 0 aliphatic heterocycles. The Bertz CT molecular complexity index is 828. The zero-order chi connectivity index (χ0) is 21.8. The van der Waals surface area contributed by atoms with Crippen LogP contribution in [0.1, 0.15) is 59.4 Å². The highest BCUT2D eigenvalue weighted by molar-refractivity contribution is 5.98. The van der Waals surface area contributed by atoms with Crippen molar-refractivity contribution in [1.29, 1.82) is 0 Å². The van der Waals surface area contributed by atoms with E-state index in [1.54, 1.807) is 36.4 Å². The molecular formula is C24H29NO5. The number of esters is 1. The molecule has 1 N–H and O–H groups in total. The van der Waals surface area contributed by atoms with Crippen molar-refractivity contribution < 1.29 is 23.9 Å². The van der Waals surface area contributed by atoms with Crippen LogP contribution < -0.4 is 10.1 Å². The normalized spacial score (nSPS) is 10.3. The summed E-state index contributed by atoms with van der Waals surface area (Å²) in [5.41, 5.74) is 2.07. The van der Waals surface area contributed by atoms with Gasteiger partial charge in [0, 0.05) is 11.1 Å². The third-order valence-electron chi connectivity index (χ3n) is 4.46. The Labute approximate surface area is 177 Å². The van der Waals surface area contributed by atoms with E-state index in [0.717, 1.165) is 31.2 Å². The van der Waals surface area contributed by atoms with Gasteiger partial charge in [0.15, 0.2) is 12.4 Å². The molecule has 2 aromatic rings. The number of aryl methyl sites for hydroxylation is 1. The van der Waals surface area contributed by atoms with Crippen molar-refractivity contribution in [3.63, 3.8) is 0 Å². The van der Waals surface area contributed by atoms with Gasteiger partial charge in [0.25, 0.3) is 5.91 Å². The van der Waals surface area contributed by atoms with Crippen molar-refractivity contribution in [2.75, 3.05) is 19.8 Å². The molecule has 2 aromatic carbocycles. The minimum Gasteiger partial charge on any atom is -0.494 e. The van der Waals surface area contributed by atoms with Crippen LogP contribution in [0.25, 0.3) is 0 Å². The molecule has 0 saturated carbocycles. The van der Waals surface area contributed by atoms with Crippen LogP contribution in [0.2, 0.25) is 0 Å². The predicted octanol–water partition coefficient (Wildman–Crippen LogP) is 3.97. The lowest BCUT2D eigenvalue weighted by atomic mass is 10.1. The van der Waals surface area contributed by atoms with Gasteiger partial charge in [-0.25, -0.2) is 0 Å². The fourth-order valence-electron chi connectivity index (χ4n) is 2.72. The van der Waals surface area contributed by atoms with Crippen molar-refractivity contribution in [2.45, 2.75) is 39.5 Å². The van der Waals surface area contributed by atoms with Crippen molar-refractivity contribution in [2.24, 2.45) is 0 Å². The molecule has 0 spiro atoms. The molecule has 0 radical (unpaired) electrons. The van der Waals surface area contributed by atoms with Gasteiger partial charge < -0.3 is 14.8 Å². The van der Waals surface area contributed by atoms with Crippen LogP contribution in [0, 0.1) is 0 Å². The first-order chi connectivity index (χ1) is 14.5. The number of ketones is 1. The second kappa shape index (κ2) is 12.4. The van der Waals surface area contributed by atoms with Gasteiger partial charge in [0.1, 0.15) is 12.3 Å². The molecule has 30 heavy (non-hydrogen) atoms. The lowest BCUT2D eigenvalue weighted by Crippen LogP contribution is -2.31. The van der Waals surface area contributed by atoms with Gasteiger partial charge in [-0.2, -0.15) is 0 Å². The lowest BCUT2D eigenvalue weighted by molar-refractivity contribution is -0.141. The number of rotatable bonds is 12. The van der Waals surface area contributed by atoms with E-state index in [4.69, 9.17) is 9.47 Å². The van der Waals surface area contributed by atoms with Crippen LogP contribution in [0.4, 0.5) is 0 Å². The first-order valence-electron chi connectivity index (χ1n) is 10.3. The zero-order valence-corrected chi connectivity index (χ0v) is 17.6. The Morgan fingerprint density at radius 3 is 2.17 bits per heavy atom. The number of carbonyl (C=O) groups is 3. The van der Waals surface area contributed by atoms with Crippen LogP contribution in [0.3, 0.4) is 0 Å². The molecule has 1 amide bonds. The highest BCUT2D eigenvalue weighted by Gasteiger charge is 2.12. The molecule has 0 heterocycles. The van der Waals surface area contributed by atoms with Crippen LogP contribution >= 0.6 is 0 Å². The molecule has 160 valence electrons. The molecule has 6 heteroatoms. The third-order valence-corrected chi connectivity index (χ3v) is 4.46. The van der Waals surface area contributed by atoms with Crippen LogP contribution in [-0.2, 0) is 16.0 Å². The van der Waals surface area contributed by atoms with Gasteiger partial charge in [-0.1, -0.05) is 51.0 Å². The minimum atomic E-state index is -0.668. The Kier molecular flexibility index (Phi) is 9.58. The molecule has 0 bridgehead atoms. The first kappa shape index (κ1) is 23.1. The van der Waals surface area contributed by atoms with Crippen LogP contribution in [0.5, 0.6) is 5.75 Å². The Balaban J connectivity index is 1.73. The van der Waals surface area contributed by atoms with Gasteiger partial charge in [0.05, 0.1) is 6.61 Å². The van der Waals surface area contributed by atoms with E-state index in [1.807, 2.05) is 12.1 Å². The number of Topliss-reactive ketones (excluding diaryl/α,β-unsaturated/α-hetero) is 1. The second-order valence-corrected chi connectivity index (χ2v) is 6.94. The Morgan fingerprint density at radius 1 is 0.867 bits per heavy atom. The number of ether oxygens (including phenoxy) is 2. The molecule has 0 saturated heterocycles. The summed E-state index contributed by atoms with van der Waals surface area (Å²) in [7, 11) is 0. The third kappa shape index (κ3) is 7.70. The second-order valence-electron chi connectivity index (χ2n) is 6.94. The topological polar surface area (TPSA) is 81.7 Å². The van der Waals surface area contributed by atoms with E-state index >= 15 is 0 Å². The van der Waals surface area contributed by atoms with Crippen LogP contribution in [0.15, 0.2) is 48.5 Å². The van der Waals surface area contributed by atoms with Crippen molar-refractivity contribution in [3.05, 3.63) is 65.2 Å². The summed E-state index contributed by atoms with van der Waals surface area (Å²) in [6.45, 7) is 4.15. The molecule has 6 nitrogen and oxygen atoms in total. The molecule has 0 unspecified atom stereocenters. The largest absolute Gasteiger partial charge is 0.494 e. The standard InChI is InChI=1S/C24H29NO5/c1-3-5-15-29-21-13-11-20(12-14-21)24(28)25-16-23(27)30-17-22(26)19-9-7-18(6-4-2)8-10-19/h7-14H,3-6,15-17H2,1-2H3,(H,25,28). The molecular weight excluding hydrogens is 382 g/mol. The quantitative estimate of drug-likeness (QED) is 0.325. The Morgan fingerprint density at radius 2 is 1.53 bits per heavy atom. The number of hydrogen-bond acceptors (Lipinski definition) is 5. The van der Waals surface area contributed by atoms with Crippen molar-refractivity contribution in [3.8, 4) is 5.75 Å². The van der Waals surface area contributed by atoms with Gasteiger partial charge in [-0.05, 0) is 42.7 Å². The van der Waals surface area contributed by atoms with E-state index in [9.17, 15) is 14.4 Å². The fourth-order valence-corrected chi connectivity index (χ4v) is 2.72. The van der Waals surface area contributed by atoms with Gasteiger partial charge in [0.2, 0.25) is 0 Å². The SMILES string of the molecule is CCCCOc1ccc(C(=O)NCC(=O)OCC(=O)c2ccc(CCC)cc2)cc1. The highest BCUT2D eigenvalue weighted by Crippen LogP contribution is 2.13. The fraction of sp³-hybridized carbons (Fsp3) is 0.375. The molecule has 0 aromatic heterocycles. The van der Waals surface area contributed by atoms with Gasteiger partial charge >= 0.3 is 5.97 Å². The predicted molar refractivity (Wildman–Crippen MR) is 115 cm³/mol. The maximum atomic E-state index is 12.1. The van der Waals surface area contributed by atoms with E-state index in [2.05, 4.69) is 19.2 Å². The van der Waals surface area contributed by atoms with Crippen molar-refractivity contribution >= 4 is 17.7 Å². The van der Waals surface area contributed by atoms with E-state index < -0.39 is 11.9 Å². The summed E-state index contributed by atoms with van der Waals surface area (Å²) in [6, 6.07) is 14.0. The monoisotopic (exact) mass is 411 g/mol. The number of hydrogen-bond donors (Lipinski definition) is 1. The number of nitrogens with one attached hydrogen (secondary N) is 1. The number of benzene rings is 2. The summed E-state index contributed by atoms with van der Waals surface area (Å²) in [6.07, 6.45) is 4.01. The molecule has 0 aliphatic carbocycles. The maximum absolute atomic E-state index is 12.1. The van der Waals surface area contributed by atoms with Gasteiger partial charge in [-0.15, -0.1) is 0 Å². The van der Waals surface area contributed by atoms with E-state index in [-0.39, 0.29) is 18.9 Å². The highest BCUT2D eigenvalue weighted by atomic mass is 16.5.